The standard InChI is InChI=1S/C13H13FO.2C2H6/c1-4-5-10-9(3)15-13-7-12(14)8(2)6-11(10)13;2*1-2/h4-7H,1-3H3;2*1-2H3/b5-4-;;. The van der Waals surface area contributed by atoms with Gasteiger partial charge in [-0.25, -0.2) is 4.39 Å². The number of hydrogen-bond acceptors (Lipinski definition) is 1. The highest BCUT2D eigenvalue weighted by molar-refractivity contribution is 5.89. The van der Waals surface area contributed by atoms with Crippen LogP contribution < -0.4 is 0 Å². The van der Waals surface area contributed by atoms with E-state index in [0.717, 1.165) is 16.7 Å². The number of hydrogen-bond donors (Lipinski definition) is 0. The number of furan rings is 1. The van der Waals surface area contributed by atoms with Gasteiger partial charge < -0.3 is 4.42 Å². The molecule has 1 aromatic heterocycles. The molecule has 1 heterocycles. The molecule has 0 aliphatic carbocycles. The fourth-order valence-electron chi connectivity index (χ4n) is 1.74. The minimum Gasteiger partial charge on any atom is -0.461 e. The van der Waals surface area contributed by atoms with E-state index in [1.807, 2.05) is 59.8 Å². The summed E-state index contributed by atoms with van der Waals surface area (Å²) in [5.74, 6) is 0.608. The number of fused-ring (bicyclic) bond motifs is 1. The van der Waals surface area contributed by atoms with Crippen LogP contribution in [0, 0.1) is 19.7 Å². The fraction of sp³-hybridized carbons (Fsp3) is 0.412. The zero-order chi connectivity index (χ0) is 15.0. The van der Waals surface area contributed by atoms with Gasteiger partial charge in [0.1, 0.15) is 17.2 Å². The summed E-state index contributed by atoms with van der Waals surface area (Å²) in [4.78, 5) is 0. The van der Waals surface area contributed by atoms with Crippen LogP contribution in [0.15, 0.2) is 22.6 Å². The van der Waals surface area contributed by atoms with E-state index in [1.165, 1.54) is 6.07 Å². The molecule has 0 fully saturated rings. The quantitative estimate of drug-likeness (QED) is 0.591. The molecule has 0 spiro atoms. The predicted molar refractivity (Wildman–Crippen MR) is 83.1 cm³/mol. The Kier molecular flexibility index (Phi) is 7.81. The van der Waals surface area contributed by atoms with Crippen molar-refractivity contribution in [2.45, 2.75) is 48.5 Å². The van der Waals surface area contributed by atoms with Crippen molar-refractivity contribution in [2.75, 3.05) is 0 Å². The maximum atomic E-state index is 13.3. The van der Waals surface area contributed by atoms with Crippen LogP contribution in [0.25, 0.3) is 17.0 Å². The van der Waals surface area contributed by atoms with Gasteiger partial charge in [0, 0.05) is 17.0 Å². The van der Waals surface area contributed by atoms with Gasteiger partial charge in [-0.2, -0.15) is 0 Å². The molecule has 0 radical (unpaired) electrons. The van der Waals surface area contributed by atoms with E-state index in [1.54, 1.807) is 6.92 Å². The molecule has 2 heteroatoms. The molecule has 0 aliphatic rings. The summed E-state index contributed by atoms with van der Waals surface area (Å²) in [6.45, 7) is 13.6. The van der Waals surface area contributed by atoms with Crippen molar-refractivity contribution in [2.24, 2.45) is 0 Å². The number of aryl methyl sites for hydroxylation is 2. The van der Waals surface area contributed by atoms with Crippen molar-refractivity contribution in [3.63, 3.8) is 0 Å². The molecule has 0 unspecified atom stereocenters. The topological polar surface area (TPSA) is 13.1 Å². The van der Waals surface area contributed by atoms with E-state index >= 15 is 0 Å². The molecule has 0 N–H and O–H groups in total. The lowest BCUT2D eigenvalue weighted by Gasteiger charge is -1.96. The van der Waals surface area contributed by atoms with Gasteiger partial charge in [-0.1, -0.05) is 39.8 Å². The molecule has 2 rings (SSSR count). The van der Waals surface area contributed by atoms with Gasteiger partial charge in [0.05, 0.1) is 0 Å². The van der Waals surface area contributed by atoms with Crippen LogP contribution in [0.3, 0.4) is 0 Å². The molecular weight excluding hydrogens is 239 g/mol. The zero-order valence-electron chi connectivity index (χ0n) is 13.1. The summed E-state index contributed by atoms with van der Waals surface area (Å²) in [6.07, 6.45) is 3.94. The average Bonchev–Trinajstić information content (AvgIpc) is 2.72. The highest BCUT2D eigenvalue weighted by atomic mass is 19.1. The molecule has 1 aromatic carbocycles. The van der Waals surface area contributed by atoms with Crippen LogP contribution in [0.5, 0.6) is 0 Å². The number of benzene rings is 1. The van der Waals surface area contributed by atoms with Gasteiger partial charge in [0.25, 0.3) is 0 Å². The molecule has 0 saturated heterocycles. The first-order valence-corrected chi connectivity index (χ1v) is 6.95. The first kappa shape index (κ1) is 17.4. The molecular formula is C17H25FO. The third kappa shape index (κ3) is 3.95. The summed E-state index contributed by atoms with van der Waals surface area (Å²) in [5.41, 5.74) is 2.30. The molecule has 2 aromatic rings. The minimum atomic E-state index is -0.219. The molecule has 0 aliphatic heterocycles. The Hall–Kier alpha value is -1.57. The fourth-order valence-corrected chi connectivity index (χ4v) is 1.74. The van der Waals surface area contributed by atoms with Crippen molar-refractivity contribution < 1.29 is 8.81 Å². The van der Waals surface area contributed by atoms with Crippen molar-refractivity contribution in [3.8, 4) is 0 Å². The van der Waals surface area contributed by atoms with Crippen molar-refractivity contribution >= 4 is 17.0 Å². The summed E-state index contributed by atoms with van der Waals surface area (Å²) in [7, 11) is 0. The van der Waals surface area contributed by atoms with E-state index in [4.69, 9.17) is 4.42 Å². The third-order valence-electron chi connectivity index (χ3n) is 2.53. The maximum Gasteiger partial charge on any atom is 0.137 e. The van der Waals surface area contributed by atoms with Gasteiger partial charge in [0.15, 0.2) is 0 Å². The number of rotatable bonds is 1. The second-order valence-electron chi connectivity index (χ2n) is 3.67. The second-order valence-corrected chi connectivity index (χ2v) is 3.67. The van der Waals surface area contributed by atoms with Crippen LogP contribution in [0.2, 0.25) is 0 Å². The molecule has 106 valence electrons. The number of halogens is 1. The largest absolute Gasteiger partial charge is 0.461 e. The molecule has 0 amide bonds. The summed E-state index contributed by atoms with van der Waals surface area (Å²) in [6, 6.07) is 3.28. The second kappa shape index (κ2) is 8.52. The zero-order valence-corrected chi connectivity index (χ0v) is 13.1. The highest BCUT2D eigenvalue weighted by Gasteiger charge is 2.10. The summed E-state index contributed by atoms with van der Waals surface area (Å²) in [5, 5.41) is 0.976. The van der Waals surface area contributed by atoms with Crippen molar-refractivity contribution in [1.82, 2.24) is 0 Å². The van der Waals surface area contributed by atoms with Crippen LogP contribution in [0.4, 0.5) is 4.39 Å². The van der Waals surface area contributed by atoms with Crippen LogP contribution in [0.1, 0.15) is 51.5 Å². The van der Waals surface area contributed by atoms with E-state index in [0.29, 0.717) is 11.1 Å². The van der Waals surface area contributed by atoms with Crippen molar-refractivity contribution in [1.29, 1.82) is 0 Å². The van der Waals surface area contributed by atoms with Gasteiger partial charge in [0.2, 0.25) is 0 Å². The predicted octanol–water partition coefficient (Wildman–Crippen LogP) is 6.27. The van der Waals surface area contributed by atoms with E-state index in [9.17, 15) is 4.39 Å². The van der Waals surface area contributed by atoms with Gasteiger partial charge in [-0.15, -0.1) is 0 Å². The summed E-state index contributed by atoms with van der Waals surface area (Å²) >= 11 is 0. The minimum absolute atomic E-state index is 0.219. The van der Waals surface area contributed by atoms with Crippen LogP contribution in [-0.2, 0) is 0 Å². The summed E-state index contributed by atoms with van der Waals surface area (Å²) < 4.78 is 18.8. The van der Waals surface area contributed by atoms with E-state index in [-0.39, 0.29) is 5.82 Å². The molecule has 0 bridgehead atoms. The Balaban J connectivity index is 0.000000741. The van der Waals surface area contributed by atoms with Gasteiger partial charge in [-0.3, -0.25) is 0 Å². The monoisotopic (exact) mass is 264 g/mol. The molecule has 19 heavy (non-hydrogen) atoms. The van der Waals surface area contributed by atoms with Crippen molar-refractivity contribution in [3.05, 3.63) is 40.9 Å². The lowest BCUT2D eigenvalue weighted by atomic mass is 10.1. The Morgan fingerprint density at radius 2 is 1.63 bits per heavy atom. The molecule has 1 nitrogen and oxygen atoms in total. The Labute approximate surface area is 116 Å². The third-order valence-corrected chi connectivity index (χ3v) is 2.53. The first-order chi connectivity index (χ1) is 9.13. The van der Waals surface area contributed by atoms with Gasteiger partial charge >= 0.3 is 0 Å². The lowest BCUT2D eigenvalue weighted by Crippen LogP contribution is -1.81. The Bertz CT molecular complexity index is 536. The highest BCUT2D eigenvalue weighted by Crippen LogP contribution is 2.28. The van der Waals surface area contributed by atoms with Crippen LogP contribution in [-0.4, -0.2) is 0 Å². The SMILES string of the molecule is C/C=C\c1c(C)oc2cc(F)c(C)cc12.CC.CC. The van der Waals surface area contributed by atoms with Crippen LogP contribution >= 0.6 is 0 Å². The smallest absolute Gasteiger partial charge is 0.137 e. The van der Waals surface area contributed by atoms with E-state index < -0.39 is 0 Å². The lowest BCUT2D eigenvalue weighted by molar-refractivity contribution is 0.568. The Morgan fingerprint density at radius 1 is 1.05 bits per heavy atom. The Morgan fingerprint density at radius 3 is 2.16 bits per heavy atom. The maximum absolute atomic E-state index is 13.3. The normalized spacial score (nSPS) is 9.89. The first-order valence-electron chi connectivity index (χ1n) is 6.95. The molecule has 0 saturated carbocycles. The van der Waals surface area contributed by atoms with E-state index in [2.05, 4.69) is 0 Å². The average molecular weight is 264 g/mol. The molecule has 0 atom stereocenters. The van der Waals surface area contributed by atoms with Gasteiger partial charge in [-0.05, 0) is 32.4 Å². The number of allylic oxidation sites excluding steroid dienone is 1.